The van der Waals surface area contributed by atoms with E-state index < -0.39 is 112 Å². The summed E-state index contributed by atoms with van der Waals surface area (Å²) in [6, 6.07) is 10.2. The highest BCUT2D eigenvalue weighted by Crippen LogP contribution is 2.60. The summed E-state index contributed by atoms with van der Waals surface area (Å²) in [5.74, 6) is -0.929. The summed E-state index contributed by atoms with van der Waals surface area (Å²) in [6.45, 7) is 46.2. The molecule has 2 aromatic rings. The zero-order valence-electron chi connectivity index (χ0n) is 78.1. The molecule has 40 heteroatoms. The molecule has 2 amide bonds. The molecule has 0 saturated carbocycles. The maximum Gasteiger partial charge on any atom is 0.351 e. The molecule has 1 aromatic heterocycles. The molecule has 6 heterocycles. The van der Waals surface area contributed by atoms with E-state index in [9.17, 15) is 34.5 Å². The molecule has 5 N–H and O–H groups in total. The summed E-state index contributed by atoms with van der Waals surface area (Å²) in [5.41, 5.74) is 0.210. The van der Waals surface area contributed by atoms with Crippen LogP contribution in [-0.4, -0.2) is 339 Å². The van der Waals surface area contributed by atoms with Crippen LogP contribution in [0.15, 0.2) is 52.1 Å². The van der Waals surface area contributed by atoms with Crippen molar-refractivity contribution in [2.75, 3.05) is 73.9 Å². The van der Waals surface area contributed by atoms with E-state index in [2.05, 4.69) is 45.1 Å². The van der Waals surface area contributed by atoms with E-state index in [1.807, 2.05) is 130 Å². The smallest absolute Gasteiger partial charge is 0.351 e. The number of esters is 1. The lowest BCUT2D eigenvalue weighted by Crippen LogP contribution is -2.43. The van der Waals surface area contributed by atoms with Crippen molar-refractivity contribution in [1.29, 1.82) is 5.26 Å². The third kappa shape index (κ3) is 38.4. The van der Waals surface area contributed by atoms with Crippen LogP contribution in [0.5, 0.6) is 0 Å². The number of aliphatic hydroxyl groups is 3. The van der Waals surface area contributed by atoms with Crippen molar-refractivity contribution < 1.29 is 115 Å². The summed E-state index contributed by atoms with van der Waals surface area (Å²) in [4.78, 5) is 55.5. The van der Waals surface area contributed by atoms with Crippen LogP contribution in [0.25, 0.3) is 4.85 Å². The maximum absolute atomic E-state index is 12.7. The molecule has 1 aromatic carbocycles. The maximum atomic E-state index is 12.7. The zero-order valence-corrected chi connectivity index (χ0v) is 80.7. The number of carbonyl (C=O) groups is 3. The van der Waals surface area contributed by atoms with Crippen LogP contribution in [0.1, 0.15) is 200 Å². The lowest BCUT2D eigenvalue weighted by atomic mass is 9.92. The van der Waals surface area contributed by atoms with Gasteiger partial charge in [-0.25, -0.2) is 11.4 Å². The third-order valence-corrected chi connectivity index (χ3v) is 28.1. The number of rotatable bonds is 41. The molecule has 0 spiro atoms. The van der Waals surface area contributed by atoms with Crippen LogP contribution >= 0.6 is 26.0 Å². The van der Waals surface area contributed by atoms with Gasteiger partial charge in [0.05, 0.1) is 110 Å². The molecule has 10 radical (unpaired) electrons. The number of hydrogen-bond donors (Lipinski definition) is 5. The molecule has 124 heavy (non-hydrogen) atoms. The molecule has 0 bridgehead atoms. The number of nitrogens with zero attached hydrogens (tertiary/aromatic N) is 5. The first kappa shape index (κ1) is 118. The predicted octanol–water partition coefficient (Wildman–Crippen LogP) is 9.21. The average Bonchev–Trinajstić information content (AvgIpc) is 1.64. The van der Waals surface area contributed by atoms with Crippen molar-refractivity contribution >= 4 is 89.4 Å². The average molecular weight is 1800 g/mol. The minimum atomic E-state index is -1.74. The van der Waals surface area contributed by atoms with Gasteiger partial charge in [-0.2, -0.15) is 10.2 Å². The third-order valence-electron chi connectivity index (χ3n) is 21.8. The lowest BCUT2D eigenvalue weighted by Gasteiger charge is -2.30. The van der Waals surface area contributed by atoms with Gasteiger partial charge in [0.2, 0.25) is 12.5 Å². The molecule has 7 unspecified atom stereocenters. The summed E-state index contributed by atoms with van der Waals surface area (Å²) in [5, 5.41) is 44.2. The zero-order chi connectivity index (χ0) is 93.3. The molecule has 32 nitrogen and oxygen atoms in total. The van der Waals surface area contributed by atoms with Crippen molar-refractivity contribution in [2.45, 2.75) is 377 Å². The second-order valence-electron chi connectivity index (χ2n) is 31.2. The second-order valence-corrected chi connectivity index (χ2v) is 37.5. The molecule has 0 aliphatic carbocycles. The number of nitrogens with one attached hydrogen (secondary N) is 2. The quantitative estimate of drug-likeness (QED) is 0.0136. The Morgan fingerprint density at radius 2 is 0.984 bits per heavy atom. The first-order valence-corrected chi connectivity index (χ1v) is 47.2. The van der Waals surface area contributed by atoms with E-state index >= 15 is 0 Å². The Balaban J connectivity index is 0.000000761. The van der Waals surface area contributed by atoms with E-state index in [1.54, 1.807) is 59.8 Å². The van der Waals surface area contributed by atoms with Crippen LogP contribution in [0.2, 0.25) is 0 Å². The molecule has 5 aliphatic heterocycles. The Bertz CT molecular complexity index is 3450. The first-order valence-electron chi connectivity index (χ1n) is 42.7. The van der Waals surface area contributed by atoms with Crippen molar-refractivity contribution in [3.63, 3.8) is 0 Å². The van der Waals surface area contributed by atoms with Gasteiger partial charge in [0.25, 0.3) is 5.91 Å². The number of anilines is 1. The predicted molar refractivity (Wildman–Crippen MR) is 484 cm³/mol. The van der Waals surface area contributed by atoms with Gasteiger partial charge in [0.15, 0.2) is 20.7 Å². The molecule has 7 rings (SSSR count). The Morgan fingerprint density at radius 3 is 1.36 bits per heavy atom. The summed E-state index contributed by atoms with van der Waals surface area (Å²) in [6.07, 6.45) is -5.01. The number of amides is 2. The Morgan fingerprint density at radius 1 is 0.597 bits per heavy atom. The van der Waals surface area contributed by atoms with E-state index in [1.165, 1.54) is 23.9 Å². The van der Waals surface area contributed by atoms with Crippen molar-refractivity contribution in [3.8, 4) is 6.07 Å². The van der Waals surface area contributed by atoms with Crippen LogP contribution in [0.3, 0.4) is 0 Å². The number of methoxy groups -OCH3 is 5. The summed E-state index contributed by atoms with van der Waals surface area (Å²) < 4.78 is 107. The topological polar surface area (TPSA) is 378 Å². The first-order chi connectivity index (χ1) is 58.1. The van der Waals surface area contributed by atoms with Crippen LogP contribution < -0.4 is 16.3 Å². The normalized spacial score (nSPS) is 29.3. The highest BCUT2D eigenvalue weighted by atomic mass is 35.7. The fraction of sp³-hybridized carbons (Fsp3) is 0.821. The van der Waals surface area contributed by atoms with Crippen LogP contribution in [0.4, 0.5) is 5.82 Å². The number of hydrogen-bond acceptors (Lipinski definition) is 28. The largest absolute Gasteiger partial charge is 0.457 e. The van der Waals surface area contributed by atoms with Crippen molar-refractivity contribution in [2.24, 2.45) is 4.74 Å². The van der Waals surface area contributed by atoms with Gasteiger partial charge >= 0.3 is 11.7 Å². The highest BCUT2D eigenvalue weighted by molar-refractivity contribution is 7.91. The molecule has 698 valence electrons. The number of aromatic nitrogens is 2. The summed E-state index contributed by atoms with van der Waals surface area (Å²) >= 11 is 6.44. The van der Waals surface area contributed by atoms with Gasteiger partial charge in [0, 0.05) is 124 Å². The van der Waals surface area contributed by atoms with Gasteiger partial charge < -0.3 is 116 Å². The van der Waals surface area contributed by atoms with E-state index in [4.69, 9.17) is 139 Å². The van der Waals surface area contributed by atoms with Crippen molar-refractivity contribution in [3.05, 3.63) is 70.1 Å². The van der Waals surface area contributed by atoms with E-state index in [0.717, 1.165) is 25.4 Å². The Kier molecular flexibility index (Phi) is 58.6. The highest BCUT2D eigenvalue weighted by Gasteiger charge is 2.50. The Hall–Kier alpha value is -4.04. The minimum Gasteiger partial charge on any atom is -0.457 e. The molecule has 5 saturated heterocycles. The molecular formula is C84H145B5ClN7O25P2. The number of halogens is 1. The SMILES string of the molecule is CC(C)N=P(Cl)(CCC#N)C(C)C.CC[C@H]1O[C@@H](n2ccc(NC(=O)c3ccccc3)nc2=O)C(O[C@H](C)[C@@H](C)OC)[C@H]1O.[BH].[B][C@@H]1O[C@H](CC)[C@H](O)C1O[C@H](C)[C@@H](C)OC.[B][C@@H]1O[C@H](CC)[C@H](O)C1O[C@H](C)[C@@H](C)OC.[B][C@@H]1O[C@H](CC)[C@H](OC(=O)CCC(=O)NC)C1O[C@H](C)[C@@H](C)OC.[B][C@@H]1O[C@H](CC)[C@H](OP(C)OCC[N+]#[C-])C1O[C@H](C)[C@@H](C)OC. The fourth-order valence-electron chi connectivity index (χ4n) is 12.9. The number of carbonyl (C=O) groups excluding carboxylic acids is 3. The van der Waals surface area contributed by atoms with Gasteiger partial charge in [0.1, 0.15) is 98.7 Å². The van der Waals surface area contributed by atoms with Gasteiger partial charge in [-0.1, -0.05) is 77.9 Å². The molecule has 5 aliphatic rings. The van der Waals surface area contributed by atoms with Crippen LogP contribution in [0, 0.1) is 17.9 Å². The number of aliphatic hydroxyl groups excluding tert-OH is 3. The molecule has 5 fully saturated rings. The minimum absolute atomic E-state index is 0. The standard InChI is InChI=1S/C22H29N3O6.C16H28BNO6.C15H27BNO5P.2C11H21BO4.C9H18ClN2P.BH/c1-5-16-18(26)19(30-14(3)13(2)29-4)21(31-16)25-12-11-17(24-22(25)28)23-20(27)15-9-7-6-8-10-15;1-6-11-14(24-13(20)8-7-12(19)18-4)15(16(17)23-11)22-10(3)9(2)21-5;1-7-12-13(22-23(6)19-9-8-17-4)14(15(16)21-12)20-11(3)10(2)18-5;2*1-5-8-9(13)10(11(12)16-8)15-7(3)6(2)14-4;1-8(2)12-13(10,9(3)4)7-5-6-11;/h6-14,16,18-19,21,26H,5H2,1-4H3,(H,23,24,27,28);9-11,14-16H,6-8H2,1-5H3,(H,18,19);10-15H,7-9H2,1-3,5-6H3;2*6-11,13H,5H2,1-4H3;8-9H,5,7H2,1-4H3;1H/t13-,14-,16-,18+,19?,21-;9-,10-,11-,14+,15?,16-;10-,11-,12-,13+,14?,15-,23?;2*6-,7-,8-,9+,10?,11-;;/m11111../s1. The second kappa shape index (κ2) is 61.6. The lowest BCUT2D eigenvalue weighted by molar-refractivity contribution is -0.163. The number of ether oxygens (including phenoxy) is 16. The Labute approximate surface area is 752 Å². The van der Waals surface area contributed by atoms with E-state index in [-0.39, 0.29) is 143 Å². The number of nitriles is 1. The summed E-state index contributed by atoms with van der Waals surface area (Å²) in [7, 11) is 32.1. The monoisotopic (exact) mass is 1800 g/mol. The van der Waals surface area contributed by atoms with Gasteiger partial charge in [-0.3, -0.25) is 23.7 Å². The van der Waals surface area contributed by atoms with Crippen molar-refractivity contribution in [1.82, 2.24) is 14.9 Å². The van der Waals surface area contributed by atoms with Gasteiger partial charge in [-0.05, 0) is 133 Å². The molecular weight excluding hydrogens is 1660 g/mol. The van der Waals surface area contributed by atoms with Gasteiger partial charge in [-0.15, -0.1) is 0 Å². The number of benzene rings is 1. The van der Waals surface area contributed by atoms with Crippen LogP contribution in [-0.2, 0) is 94.4 Å². The molecule has 32 atom stereocenters. The fourth-order valence-corrected chi connectivity index (χ4v) is 16.8. The van der Waals surface area contributed by atoms with E-state index in [0.29, 0.717) is 43.6 Å².